The van der Waals surface area contributed by atoms with Gasteiger partial charge in [-0.25, -0.2) is 4.98 Å². The highest BCUT2D eigenvalue weighted by Gasteiger charge is 2.23. The molecule has 0 radical (unpaired) electrons. The smallest absolute Gasteiger partial charge is 0.222 e. The lowest BCUT2D eigenvalue weighted by Crippen LogP contribution is -2.41. The summed E-state index contributed by atoms with van der Waals surface area (Å²) in [4.78, 5) is 18.7. The van der Waals surface area contributed by atoms with Gasteiger partial charge in [-0.2, -0.15) is 0 Å². The fraction of sp³-hybridized carbons (Fsp3) is 0.429. The second kappa shape index (κ2) is 8.65. The Morgan fingerprint density at radius 3 is 2.60 bits per heavy atom. The van der Waals surface area contributed by atoms with Crippen LogP contribution in [0.15, 0.2) is 48.5 Å². The first-order valence-electron chi connectivity index (χ1n) is 9.13. The normalized spacial score (nSPS) is 15.2. The van der Waals surface area contributed by atoms with E-state index in [2.05, 4.69) is 17.1 Å². The van der Waals surface area contributed by atoms with Gasteiger partial charge in [-0.3, -0.25) is 4.79 Å². The van der Waals surface area contributed by atoms with Crippen molar-refractivity contribution in [1.29, 1.82) is 0 Å². The highest BCUT2D eigenvalue weighted by molar-refractivity contribution is 5.76. The first-order valence-corrected chi connectivity index (χ1v) is 9.13. The molecule has 132 valence electrons. The Morgan fingerprint density at radius 2 is 1.88 bits per heavy atom. The van der Waals surface area contributed by atoms with E-state index >= 15 is 0 Å². The molecule has 2 heterocycles. The number of pyridine rings is 1. The number of piperidine rings is 1. The summed E-state index contributed by atoms with van der Waals surface area (Å²) < 4.78 is 5.95. The number of hydrogen-bond acceptors (Lipinski definition) is 3. The molecule has 0 N–H and O–H groups in total. The van der Waals surface area contributed by atoms with Crippen molar-refractivity contribution >= 4 is 5.91 Å². The third-order valence-corrected chi connectivity index (χ3v) is 4.64. The molecule has 0 atom stereocenters. The maximum absolute atomic E-state index is 12.4. The molecule has 25 heavy (non-hydrogen) atoms. The largest absolute Gasteiger partial charge is 0.474 e. The Hall–Kier alpha value is -2.36. The van der Waals surface area contributed by atoms with Gasteiger partial charge in [-0.1, -0.05) is 36.4 Å². The first-order chi connectivity index (χ1) is 12.2. The molecule has 1 amide bonds. The fourth-order valence-corrected chi connectivity index (χ4v) is 3.22. The number of ether oxygens (including phenoxy) is 1. The minimum Gasteiger partial charge on any atom is -0.474 e. The van der Waals surface area contributed by atoms with E-state index in [1.54, 1.807) is 0 Å². The van der Waals surface area contributed by atoms with E-state index in [9.17, 15) is 4.79 Å². The number of carbonyl (C=O) groups is 1. The SMILES string of the molecule is Cc1cccc(OC2CCN(C(=O)CCCc3ccccc3)CC2)n1. The van der Waals surface area contributed by atoms with E-state index in [0.717, 1.165) is 44.5 Å². The molecule has 0 spiro atoms. The van der Waals surface area contributed by atoms with Crippen molar-refractivity contribution in [3.05, 3.63) is 59.8 Å². The van der Waals surface area contributed by atoms with Gasteiger partial charge in [0.1, 0.15) is 6.10 Å². The average Bonchev–Trinajstić information content (AvgIpc) is 2.63. The minimum absolute atomic E-state index is 0.155. The van der Waals surface area contributed by atoms with E-state index < -0.39 is 0 Å². The number of aromatic nitrogens is 1. The third-order valence-electron chi connectivity index (χ3n) is 4.64. The molecule has 0 saturated carbocycles. The number of nitrogens with zero attached hydrogens (tertiary/aromatic N) is 2. The predicted octanol–water partition coefficient (Wildman–Crippen LogP) is 3.78. The van der Waals surface area contributed by atoms with Crippen molar-refractivity contribution in [1.82, 2.24) is 9.88 Å². The van der Waals surface area contributed by atoms with Gasteiger partial charge in [0.15, 0.2) is 0 Å². The van der Waals surface area contributed by atoms with Crippen molar-refractivity contribution in [2.75, 3.05) is 13.1 Å². The zero-order valence-electron chi connectivity index (χ0n) is 14.9. The van der Waals surface area contributed by atoms with Gasteiger partial charge >= 0.3 is 0 Å². The number of benzene rings is 1. The van der Waals surface area contributed by atoms with Gasteiger partial charge < -0.3 is 9.64 Å². The maximum Gasteiger partial charge on any atom is 0.222 e. The number of likely N-dealkylation sites (tertiary alicyclic amines) is 1. The van der Waals surface area contributed by atoms with E-state index in [1.165, 1.54) is 5.56 Å². The lowest BCUT2D eigenvalue weighted by molar-refractivity contribution is -0.133. The second-order valence-electron chi connectivity index (χ2n) is 6.65. The van der Waals surface area contributed by atoms with Crippen LogP contribution in [0.3, 0.4) is 0 Å². The average molecular weight is 338 g/mol. The summed E-state index contributed by atoms with van der Waals surface area (Å²) in [6.07, 6.45) is 4.40. The van der Waals surface area contributed by atoms with Crippen LogP contribution in [0.5, 0.6) is 5.88 Å². The maximum atomic E-state index is 12.4. The van der Waals surface area contributed by atoms with E-state index in [-0.39, 0.29) is 12.0 Å². The predicted molar refractivity (Wildman–Crippen MR) is 98.6 cm³/mol. The molecule has 4 heteroatoms. The molecule has 1 saturated heterocycles. The van der Waals surface area contributed by atoms with Crippen molar-refractivity contribution in [2.24, 2.45) is 0 Å². The lowest BCUT2D eigenvalue weighted by atomic mass is 10.1. The number of carbonyl (C=O) groups excluding carboxylic acids is 1. The number of aryl methyl sites for hydroxylation is 2. The summed E-state index contributed by atoms with van der Waals surface area (Å²) >= 11 is 0. The Balaban J connectivity index is 1.38. The van der Waals surface area contributed by atoms with Gasteiger partial charge in [-0.05, 0) is 31.4 Å². The highest BCUT2D eigenvalue weighted by Crippen LogP contribution is 2.18. The molecule has 2 aromatic rings. The number of rotatable bonds is 6. The van der Waals surface area contributed by atoms with Gasteiger partial charge in [0.25, 0.3) is 0 Å². The zero-order chi connectivity index (χ0) is 17.5. The summed E-state index contributed by atoms with van der Waals surface area (Å²) in [6.45, 7) is 3.52. The quantitative estimate of drug-likeness (QED) is 0.805. The Labute approximate surface area is 149 Å². The summed E-state index contributed by atoms with van der Waals surface area (Å²) in [6, 6.07) is 16.2. The molecule has 4 nitrogen and oxygen atoms in total. The molecule has 1 aliphatic heterocycles. The fourth-order valence-electron chi connectivity index (χ4n) is 3.22. The molecule has 1 aromatic carbocycles. The number of hydrogen-bond donors (Lipinski definition) is 0. The van der Waals surface area contributed by atoms with Crippen LogP contribution in [-0.2, 0) is 11.2 Å². The summed E-state index contributed by atoms with van der Waals surface area (Å²) in [5, 5.41) is 0. The monoisotopic (exact) mass is 338 g/mol. The van der Waals surface area contributed by atoms with Crippen LogP contribution in [-0.4, -0.2) is 35.0 Å². The minimum atomic E-state index is 0.155. The van der Waals surface area contributed by atoms with Crippen LogP contribution < -0.4 is 4.74 Å². The van der Waals surface area contributed by atoms with Crippen LogP contribution in [0.4, 0.5) is 0 Å². The molecule has 0 unspecified atom stereocenters. The molecule has 0 bridgehead atoms. The molecular weight excluding hydrogens is 312 g/mol. The van der Waals surface area contributed by atoms with Crippen molar-refractivity contribution < 1.29 is 9.53 Å². The molecule has 3 rings (SSSR count). The topological polar surface area (TPSA) is 42.4 Å². The van der Waals surface area contributed by atoms with Crippen LogP contribution >= 0.6 is 0 Å². The lowest BCUT2D eigenvalue weighted by Gasteiger charge is -2.32. The number of amides is 1. The van der Waals surface area contributed by atoms with Gasteiger partial charge in [0.2, 0.25) is 11.8 Å². The molecule has 1 aliphatic rings. The van der Waals surface area contributed by atoms with E-state index in [1.807, 2.05) is 48.2 Å². The summed E-state index contributed by atoms with van der Waals surface area (Å²) in [5.74, 6) is 0.954. The standard InChI is InChI=1S/C21H26N2O2/c1-17-7-5-11-20(22-17)25-19-13-15-23(16-14-19)21(24)12-6-10-18-8-3-2-4-9-18/h2-5,7-9,11,19H,6,10,12-16H2,1H3. The summed E-state index contributed by atoms with van der Waals surface area (Å²) in [5.41, 5.74) is 2.26. The van der Waals surface area contributed by atoms with Crippen molar-refractivity contribution in [3.8, 4) is 5.88 Å². The van der Waals surface area contributed by atoms with E-state index in [0.29, 0.717) is 12.3 Å². The second-order valence-corrected chi connectivity index (χ2v) is 6.65. The van der Waals surface area contributed by atoms with E-state index in [4.69, 9.17) is 4.74 Å². The third kappa shape index (κ3) is 5.31. The van der Waals surface area contributed by atoms with Crippen LogP contribution in [0, 0.1) is 6.92 Å². The summed E-state index contributed by atoms with van der Waals surface area (Å²) in [7, 11) is 0. The Morgan fingerprint density at radius 1 is 1.12 bits per heavy atom. The molecule has 1 aromatic heterocycles. The molecule has 0 aliphatic carbocycles. The molecular formula is C21H26N2O2. The zero-order valence-corrected chi connectivity index (χ0v) is 14.9. The molecule has 1 fully saturated rings. The van der Waals surface area contributed by atoms with Crippen LogP contribution in [0.1, 0.15) is 36.9 Å². The van der Waals surface area contributed by atoms with Crippen molar-refractivity contribution in [3.63, 3.8) is 0 Å². The van der Waals surface area contributed by atoms with Gasteiger partial charge in [0.05, 0.1) is 0 Å². The van der Waals surface area contributed by atoms with Gasteiger partial charge in [-0.15, -0.1) is 0 Å². The first kappa shape index (κ1) is 17.5. The highest BCUT2D eigenvalue weighted by atomic mass is 16.5. The van der Waals surface area contributed by atoms with Crippen LogP contribution in [0.25, 0.3) is 0 Å². The Kier molecular flexibility index (Phi) is 6.04. The Bertz CT molecular complexity index is 679. The van der Waals surface area contributed by atoms with Gasteiger partial charge in [0, 0.05) is 44.1 Å². The van der Waals surface area contributed by atoms with Crippen LogP contribution in [0.2, 0.25) is 0 Å². The van der Waals surface area contributed by atoms with Crippen molar-refractivity contribution in [2.45, 2.75) is 45.1 Å².